The first kappa shape index (κ1) is 31.6. The summed E-state index contributed by atoms with van der Waals surface area (Å²) in [4.78, 5) is 29.8. The summed E-state index contributed by atoms with van der Waals surface area (Å²) in [6.45, 7) is -0.358. The van der Waals surface area contributed by atoms with Gasteiger partial charge in [-0.25, -0.2) is 8.42 Å². The van der Waals surface area contributed by atoms with E-state index in [1.54, 1.807) is 24.3 Å². The number of nitrogens with zero attached hydrogens (tertiary/aromatic N) is 2. The molecule has 1 aliphatic carbocycles. The number of halogens is 1. The highest BCUT2D eigenvalue weighted by atomic mass is 79.9. The molecule has 224 valence electrons. The maximum Gasteiger partial charge on any atom is 0.244 e. The molecule has 1 fully saturated rings. The number of rotatable bonds is 12. The number of carbonyl (C=O) groups excluding carboxylic acids is 2. The predicted octanol–water partition coefficient (Wildman–Crippen LogP) is 5.31. The number of para-hydroxylation sites is 2. The predicted molar refractivity (Wildman–Crippen MR) is 169 cm³/mol. The molecule has 8 nitrogen and oxygen atoms in total. The second-order valence-electron chi connectivity index (χ2n) is 10.6. The summed E-state index contributed by atoms with van der Waals surface area (Å²) in [7, 11) is -2.44. The first-order valence-electron chi connectivity index (χ1n) is 14.1. The van der Waals surface area contributed by atoms with Crippen LogP contribution in [0.4, 0.5) is 5.69 Å². The number of anilines is 1. The summed E-state index contributed by atoms with van der Waals surface area (Å²) in [6.07, 6.45) is 6.41. The third-order valence-corrected chi connectivity index (χ3v) is 9.18. The van der Waals surface area contributed by atoms with Gasteiger partial charge >= 0.3 is 0 Å². The molecule has 2 amide bonds. The molecule has 10 heteroatoms. The minimum absolute atomic E-state index is 0.0512. The number of benzene rings is 3. The number of hydrogen-bond acceptors (Lipinski definition) is 5. The third-order valence-electron chi connectivity index (χ3n) is 7.52. The Labute approximate surface area is 257 Å². The second-order valence-corrected chi connectivity index (χ2v) is 13.5. The van der Waals surface area contributed by atoms with E-state index < -0.39 is 28.5 Å². The Bertz CT molecular complexity index is 1440. The maximum atomic E-state index is 14.3. The Morgan fingerprint density at radius 1 is 0.929 bits per heavy atom. The molecule has 0 saturated heterocycles. The molecule has 1 saturated carbocycles. The van der Waals surface area contributed by atoms with Gasteiger partial charge in [-0.3, -0.25) is 13.9 Å². The summed E-state index contributed by atoms with van der Waals surface area (Å²) < 4.78 is 33.4. The molecule has 0 bridgehead atoms. The molecule has 0 aromatic heterocycles. The normalized spacial score (nSPS) is 14.5. The van der Waals surface area contributed by atoms with Gasteiger partial charge in [-0.05, 0) is 48.2 Å². The zero-order valence-electron chi connectivity index (χ0n) is 24.0. The SMILES string of the molecule is COc1ccccc1N(CC(=O)N(Cc1ccc(Br)cc1)[C@H](Cc1ccccc1)C(=O)NC1CCCCC1)S(C)(=O)=O. The minimum atomic E-state index is -3.89. The van der Waals surface area contributed by atoms with E-state index in [4.69, 9.17) is 4.74 Å². The van der Waals surface area contributed by atoms with Crippen LogP contribution in [0, 0.1) is 0 Å². The molecule has 3 aromatic carbocycles. The van der Waals surface area contributed by atoms with Crippen LogP contribution in [0.1, 0.15) is 43.2 Å². The van der Waals surface area contributed by atoms with Gasteiger partial charge in [-0.1, -0.05) is 89.8 Å². The molecule has 42 heavy (non-hydrogen) atoms. The number of sulfonamides is 1. The van der Waals surface area contributed by atoms with Crippen molar-refractivity contribution >= 4 is 43.5 Å². The van der Waals surface area contributed by atoms with Crippen LogP contribution in [0.5, 0.6) is 5.75 Å². The molecule has 1 atom stereocenters. The highest BCUT2D eigenvalue weighted by Crippen LogP contribution is 2.30. The van der Waals surface area contributed by atoms with E-state index in [2.05, 4.69) is 21.2 Å². The molecule has 0 unspecified atom stereocenters. The van der Waals surface area contributed by atoms with Crippen LogP contribution < -0.4 is 14.4 Å². The molecule has 3 aromatic rings. The Morgan fingerprint density at radius 3 is 2.21 bits per heavy atom. The molecule has 1 aliphatic rings. The van der Waals surface area contributed by atoms with Crippen LogP contribution >= 0.6 is 15.9 Å². The van der Waals surface area contributed by atoms with E-state index in [9.17, 15) is 18.0 Å². The number of hydrogen-bond donors (Lipinski definition) is 1. The lowest BCUT2D eigenvalue weighted by Crippen LogP contribution is -2.55. The van der Waals surface area contributed by atoms with Gasteiger partial charge in [0.05, 0.1) is 19.1 Å². The fourth-order valence-electron chi connectivity index (χ4n) is 5.32. The Kier molecular flexibility index (Phi) is 11.0. The summed E-state index contributed by atoms with van der Waals surface area (Å²) in [5.41, 5.74) is 1.98. The standard InChI is InChI=1S/C32H38BrN3O5S/c1-41-30-16-10-9-15-28(30)36(42(2,39)40)23-31(37)35(22-25-17-19-26(33)20-18-25)29(21-24-11-5-3-6-12-24)32(38)34-27-13-7-4-8-14-27/h3,5-6,9-12,15-20,27,29H,4,7-8,13-14,21-23H2,1-2H3,(H,34,38)/t29-/m1/s1. The molecule has 0 radical (unpaired) electrons. The van der Waals surface area contributed by atoms with Crippen molar-refractivity contribution in [3.63, 3.8) is 0 Å². The van der Waals surface area contributed by atoms with E-state index in [0.717, 1.165) is 58.3 Å². The van der Waals surface area contributed by atoms with Gasteiger partial charge in [0, 0.05) is 23.5 Å². The smallest absolute Gasteiger partial charge is 0.244 e. The fraction of sp³-hybridized carbons (Fsp3) is 0.375. The van der Waals surface area contributed by atoms with Crippen molar-refractivity contribution in [1.29, 1.82) is 0 Å². The van der Waals surface area contributed by atoms with Gasteiger partial charge in [0.2, 0.25) is 21.8 Å². The zero-order chi connectivity index (χ0) is 30.1. The van der Waals surface area contributed by atoms with Crippen LogP contribution in [0.15, 0.2) is 83.3 Å². The fourth-order valence-corrected chi connectivity index (χ4v) is 6.43. The summed E-state index contributed by atoms with van der Waals surface area (Å²) in [6, 6.07) is 23.0. The number of nitrogens with one attached hydrogen (secondary N) is 1. The van der Waals surface area contributed by atoms with E-state index in [0.29, 0.717) is 5.75 Å². The summed E-state index contributed by atoms with van der Waals surface area (Å²) in [5, 5.41) is 3.21. The number of ether oxygens (including phenoxy) is 1. The largest absolute Gasteiger partial charge is 0.495 e. The molecule has 0 aliphatic heterocycles. The maximum absolute atomic E-state index is 14.3. The van der Waals surface area contributed by atoms with Crippen molar-refractivity contribution in [2.75, 3.05) is 24.2 Å². The molecule has 0 heterocycles. The van der Waals surface area contributed by atoms with Gasteiger partial charge < -0.3 is 15.0 Å². The number of amides is 2. The van der Waals surface area contributed by atoms with E-state index >= 15 is 0 Å². The lowest BCUT2D eigenvalue weighted by molar-refractivity contribution is -0.140. The summed E-state index contributed by atoms with van der Waals surface area (Å²) in [5.74, 6) is -0.403. The lowest BCUT2D eigenvalue weighted by atomic mass is 9.94. The highest BCUT2D eigenvalue weighted by Gasteiger charge is 2.34. The minimum Gasteiger partial charge on any atom is -0.495 e. The lowest BCUT2D eigenvalue weighted by Gasteiger charge is -2.35. The van der Waals surface area contributed by atoms with Crippen LogP contribution in [0.2, 0.25) is 0 Å². The molecular formula is C32H38BrN3O5S. The monoisotopic (exact) mass is 655 g/mol. The van der Waals surface area contributed by atoms with Gasteiger partial charge in [0.15, 0.2) is 0 Å². The van der Waals surface area contributed by atoms with Crippen molar-refractivity contribution in [1.82, 2.24) is 10.2 Å². The van der Waals surface area contributed by atoms with Crippen LogP contribution in [-0.4, -0.2) is 57.1 Å². The van der Waals surface area contributed by atoms with Crippen LogP contribution in [-0.2, 0) is 32.6 Å². The molecule has 0 spiro atoms. The van der Waals surface area contributed by atoms with E-state index in [-0.39, 0.29) is 30.6 Å². The Balaban J connectivity index is 1.73. The second kappa shape index (κ2) is 14.7. The van der Waals surface area contributed by atoms with Crippen molar-refractivity contribution in [2.45, 2.75) is 57.2 Å². The topological polar surface area (TPSA) is 96.0 Å². The third kappa shape index (κ3) is 8.58. The molecular weight excluding hydrogens is 618 g/mol. The van der Waals surface area contributed by atoms with Gasteiger partial charge in [0.1, 0.15) is 18.3 Å². The first-order valence-corrected chi connectivity index (χ1v) is 16.8. The quantitative estimate of drug-likeness (QED) is 0.285. The highest BCUT2D eigenvalue weighted by molar-refractivity contribution is 9.10. The van der Waals surface area contributed by atoms with Crippen molar-refractivity contribution in [3.8, 4) is 5.75 Å². The average molecular weight is 657 g/mol. The molecule has 1 N–H and O–H groups in total. The summed E-state index contributed by atoms with van der Waals surface area (Å²) >= 11 is 3.46. The van der Waals surface area contributed by atoms with Crippen molar-refractivity contribution in [3.05, 3.63) is 94.5 Å². The zero-order valence-corrected chi connectivity index (χ0v) is 26.4. The van der Waals surface area contributed by atoms with Gasteiger partial charge in [-0.2, -0.15) is 0 Å². The van der Waals surface area contributed by atoms with E-state index in [1.165, 1.54) is 12.0 Å². The number of methoxy groups -OCH3 is 1. The number of carbonyl (C=O) groups is 2. The van der Waals surface area contributed by atoms with E-state index in [1.807, 2.05) is 54.6 Å². The van der Waals surface area contributed by atoms with Crippen molar-refractivity contribution < 1.29 is 22.7 Å². The Hall–Kier alpha value is -3.37. The Morgan fingerprint density at radius 2 is 1.57 bits per heavy atom. The van der Waals surface area contributed by atoms with Crippen LogP contribution in [0.25, 0.3) is 0 Å². The average Bonchev–Trinajstić information content (AvgIpc) is 2.99. The first-order chi connectivity index (χ1) is 20.2. The van der Waals surface area contributed by atoms with Gasteiger partial charge in [-0.15, -0.1) is 0 Å². The van der Waals surface area contributed by atoms with Crippen LogP contribution in [0.3, 0.4) is 0 Å². The van der Waals surface area contributed by atoms with Crippen molar-refractivity contribution in [2.24, 2.45) is 0 Å². The molecule has 4 rings (SSSR count). The van der Waals surface area contributed by atoms with Gasteiger partial charge in [0.25, 0.3) is 0 Å².